The van der Waals surface area contributed by atoms with Gasteiger partial charge in [0.25, 0.3) is 5.56 Å². The van der Waals surface area contributed by atoms with Gasteiger partial charge in [0.1, 0.15) is 0 Å². The second-order valence-corrected chi connectivity index (χ2v) is 9.21. The fraction of sp³-hybridized carbons (Fsp3) is 0.423. The molecule has 0 unspecified atom stereocenters. The zero-order chi connectivity index (χ0) is 25.0. The second kappa shape index (κ2) is 8.66. The first-order valence-electron chi connectivity index (χ1n) is 11.7. The van der Waals surface area contributed by atoms with Crippen LogP contribution in [-0.4, -0.2) is 60.4 Å². The Morgan fingerprint density at radius 2 is 1.97 bits per heavy atom. The minimum atomic E-state index is -1.08. The van der Waals surface area contributed by atoms with E-state index in [1.165, 1.54) is 0 Å². The van der Waals surface area contributed by atoms with Gasteiger partial charge in [-0.1, -0.05) is 6.92 Å². The predicted octanol–water partition coefficient (Wildman–Crippen LogP) is 2.45. The number of benzene rings is 1. The number of rotatable bonds is 6. The van der Waals surface area contributed by atoms with Crippen LogP contribution in [0.25, 0.3) is 22.3 Å². The first-order valence-corrected chi connectivity index (χ1v) is 11.7. The van der Waals surface area contributed by atoms with E-state index in [1.54, 1.807) is 24.9 Å². The van der Waals surface area contributed by atoms with Gasteiger partial charge in [-0.05, 0) is 38.6 Å². The molecule has 4 heterocycles. The number of nitrogens with zero attached hydrogens (tertiary/aromatic N) is 3. The highest BCUT2D eigenvalue weighted by Gasteiger charge is 2.34. The van der Waals surface area contributed by atoms with E-state index in [1.807, 2.05) is 20.2 Å². The summed E-state index contributed by atoms with van der Waals surface area (Å²) >= 11 is 0. The van der Waals surface area contributed by atoms with E-state index in [2.05, 4.69) is 11.8 Å². The van der Waals surface area contributed by atoms with Crippen molar-refractivity contribution in [1.29, 1.82) is 0 Å². The number of hydrogen-bond donors (Lipinski definition) is 1. The van der Waals surface area contributed by atoms with Crippen LogP contribution in [0.1, 0.15) is 41.7 Å². The van der Waals surface area contributed by atoms with E-state index in [9.17, 15) is 14.7 Å². The predicted molar refractivity (Wildman–Crippen MR) is 130 cm³/mol. The number of carbonyl (C=O) groups is 1. The minimum Gasteiger partial charge on any atom is -0.493 e. The van der Waals surface area contributed by atoms with Gasteiger partial charge in [-0.15, -0.1) is 0 Å². The van der Waals surface area contributed by atoms with Crippen molar-refractivity contribution in [3.05, 3.63) is 44.7 Å². The van der Waals surface area contributed by atoms with Crippen molar-refractivity contribution >= 4 is 16.9 Å². The molecule has 35 heavy (non-hydrogen) atoms. The molecule has 0 amide bonds. The first-order chi connectivity index (χ1) is 16.8. The molecule has 0 fully saturated rings. The lowest BCUT2D eigenvalue weighted by Crippen LogP contribution is -2.30. The summed E-state index contributed by atoms with van der Waals surface area (Å²) in [6.07, 6.45) is 0.199. The Morgan fingerprint density at radius 3 is 2.63 bits per heavy atom. The first kappa shape index (κ1) is 23.3. The van der Waals surface area contributed by atoms with Crippen molar-refractivity contribution in [2.45, 2.75) is 38.8 Å². The zero-order valence-corrected chi connectivity index (χ0v) is 20.6. The van der Waals surface area contributed by atoms with Crippen LogP contribution >= 0.6 is 0 Å². The Morgan fingerprint density at radius 1 is 1.20 bits per heavy atom. The summed E-state index contributed by atoms with van der Waals surface area (Å²) in [5.41, 5.74) is 5.04. The van der Waals surface area contributed by atoms with Crippen LogP contribution in [0.4, 0.5) is 0 Å². The number of aliphatic hydroxyl groups excluding tert-OH is 1. The molecule has 3 aromatic rings. The lowest BCUT2D eigenvalue weighted by atomic mass is 9.92. The number of pyridine rings is 2. The van der Waals surface area contributed by atoms with Crippen LogP contribution in [0.5, 0.6) is 17.2 Å². The third-order valence-electron chi connectivity index (χ3n) is 6.87. The average Bonchev–Trinajstić information content (AvgIpc) is 3.19. The fourth-order valence-corrected chi connectivity index (χ4v) is 5.22. The van der Waals surface area contributed by atoms with E-state index in [0.29, 0.717) is 35.0 Å². The molecule has 0 saturated heterocycles. The van der Waals surface area contributed by atoms with E-state index in [4.69, 9.17) is 19.2 Å². The van der Waals surface area contributed by atoms with Crippen molar-refractivity contribution in [1.82, 2.24) is 14.5 Å². The van der Waals surface area contributed by atoms with Crippen molar-refractivity contribution in [2.24, 2.45) is 0 Å². The van der Waals surface area contributed by atoms with Gasteiger partial charge in [0.05, 0.1) is 50.2 Å². The molecule has 2 aromatic heterocycles. The number of hydrogen-bond acceptors (Lipinski definition) is 8. The molecule has 0 saturated carbocycles. The largest absolute Gasteiger partial charge is 0.493 e. The number of likely N-dealkylation sites (N-methyl/N-ethyl adjacent to an activating group) is 1. The molecule has 0 bridgehead atoms. The number of methoxy groups -OCH3 is 2. The SMILES string of the molecule is CCc1c(OC)c(OC)cc2nc3c(c(CCN(C)C)c12)Cn1c-3cc2c(c1=O)OC(=O)C[C@H]2O. The molecule has 2 aliphatic rings. The van der Waals surface area contributed by atoms with Gasteiger partial charge in [0.15, 0.2) is 11.5 Å². The number of ether oxygens (including phenoxy) is 3. The number of aliphatic hydroxyl groups is 1. The highest BCUT2D eigenvalue weighted by molar-refractivity contribution is 5.94. The van der Waals surface area contributed by atoms with Gasteiger partial charge in [-0.25, -0.2) is 4.98 Å². The smallest absolute Gasteiger partial charge is 0.314 e. The molecule has 0 spiro atoms. The minimum absolute atomic E-state index is 0.0951. The molecule has 0 aliphatic carbocycles. The maximum atomic E-state index is 13.4. The monoisotopic (exact) mass is 479 g/mol. The number of esters is 1. The second-order valence-electron chi connectivity index (χ2n) is 9.21. The molecule has 1 N–H and O–H groups in total. The molecule has 9 heteroatoms. The van der Waals surface area contributed by atoms with Crippen molar-refractivity contribution in [3.8, 4) is 28.6 Å². The van der Waals surface area contributed by atoms with Gasteiger partial charge >= 0.3 is 5.97 Å². The number of carbonyl (C=O) groups excluding carboxylic acids is 1. The van der Waals surface area contributed by atoms with E-state index < -0.39 is 17.6 Å². The lowest BCUT2D eigenvalue weighted by Gasteiger charge is -2.21. The van der Waals surface area contributed by atoms with Crippen LogP contribution < -0.4 is 19.8 Å². The number of aryl methyl sites for hydroxylation is 1. The Balaban J connectivity index is 1.83. The Bertz CT molecular complexity index is 1430. The lowest BCUT2D eigenvalue weighted by molar-refractivity contribution is -0.138. The molecule has 1 aromatic carbocycles. The molecule has 9 nitrogen and oxygen atoms in total. The van der Waals surface area contributed by atoms with Crippen LogP contribution in [0.2, 0.25) is 0 Å². The molecule has 5 rings (SSSR count). The summed E-state index contributed by atoms with van der Waals surface area (Å²) in [5.74, 6) is 0.585. The molecule has 0 radical (unpaired) electrons. The molecule has 184 valence electrons. The summed E-state index contributed by atoms with van der Waals surface area (Å²) in [4.78, 5) is 32.4. The van der Waals surface area contributed by atoms with Gasteiger partial charge in [-0.3, -0.25) is 14.2 Å². The number of fused-ring (bicyclic) bond motifs is 5. The Hall–Kier alpha value is -3.43. The van der Waals surface area contributed by atoms with Crippen molar-refractivity contribution in [3.63, 3.8) is 0 Å². The van der Waals surface area contributed by atoms with Gasteiger partial charge in [0, 0.05) is 34.7 Å². The van der Waals surface area contributed by atoms with E-state index >= 15 is 0 Å². The van der Waals surface area contributed by atoms with E-state index in [0.717, 1.165) is 47.0 Å². The summed E-state index contributed by atoms with van der Waals surface area (Å²) in [6.45, 7) is 3.19. The van der Waals surface area contributed by atoms with Crippen LogP contribution in [0.3, 0.4) is 0 Å². The third-order valence-corrected chi connectivity index (χ3v) is 6.87. The van der Waals surface area contributed by atoms with E-state index in [-0.39, 0.29) is 12.2 Å². The van der Waals surface area contributed by atoms with Crippen molar-refractivity contribution < 1.29 is 24.1 Å². The normalized spacial score (nSPS) is 16.2. The molecule has 2 aliphatic heterocycles. The summed E-state index contributed by atoms with van der Waals surface area (Å²) in [5, 5.41) is 11.5. The molecular weight excluding hydrogens is 450 g/mol. The fourth-order valence-electron chi connectivity index (χ4n) is 5.22. The van der Waals surface area contributed by atoms with Crippen LogP contribution in [-0.2, 0) is 24.2 Å². The summed E-state index contributed by atoms with van der Waals surface area (Å²) in [6, 6.07) is 3.61. The van der Waals surface area contributed by atoms with Gasteiger partial charge in [-0.2, -0.15) is 0 Å². The summed E-state index contributed by atoms with van der Waals surface area (Å²) in [7, 11) is 7.29. The standard InChI is InChI=1S/C26H29N3O6/c1-6-13-22-14(7-8-28(2)3)16-12-29-18(9-15-19(30)11-21(31)35-25(15)26(29)32)23(16)27-17(22)10-20(33-4)24(13)34-5/h9-10,19,30H,6-8,11-12H2,1-5H3/t19-/m1/s1. The van der Waals surface area contributed by atoms with Gasteiger partial charge in [0.2, 0.25) is 5.75 Å². The van der Waals surface area contributed by atoms with Crippen molar-refractivity contribution in [2.75, 3.05) is 34.9 Å². The quantitative estimate of drug-likeness (QED) is 0.421. The maximum Gasteiger partial charge on any atom is 0.314 e. The topological polar surface area (TPSA) is 103 Å². The highest BCUT2D eigenvalue weighted by atomic mass is 16.5. The maximum absolute atomic E-state index is 13.4. The summed E-state index contributed by atoms with van der Waals surface area (Å²) < 4.78 is 18.2. The molecule has 1 atom stereocenters. The van der Waals surface area contributed by atoms with Gasteiger partial charge < -0.3 is 24.2 Å². The van der Waals surface area contributed by atoms with Crippen LogP contribution in [0, 0.1) is 0 Å². The third kappa shape index (κ3) is 3.57. The average molecular weight is 480 g/mol. The van der Waals surface area contributed by atoms with Crippen LogP contribution in [0.15, 0.2) is 16.9 Å². The Labute approximate surface area is 202 Å². The Kier molecular flexibility index (Phi) is 5.77. The number of aromatic nitrogens is 2. The highest BCUT2D eigenvalue weighted by Crippen LogP contribution is 2.44. The molecular formula is C26H29N3O6. The zero-order valence-electron chi connectivity index (χ0n) is 20.6.